The maximum atomic E-state index is 11.8. The van der Waals surface area contributed by atoms with Crippen LogP contribution in [0.15, 0.2) is 48.0 Å². The Morgan fingerprint density at radius 1 is 1.23 bits per heavy atom. The van der Waals surface area contributed by atoms with Crippen LogP contribution in [0.25, 0.3) is 0 Å². The monoisotopic (exact) mass is 568 g/mol. The third kappa shape index (κ3) is 6.44. The van der Waals surface area contributed by atoms with Gasteiger partial charge in [-0.25, -0.2) is 4.79 Å². The largest absolute Gasteiger partial charge is 0.491 e. The Balaban J connectivity index is 1.36. The van der Waals surface area contributed by atoms with Gasteiger partial charge >= 0.3 is 5.97 Å². The third-order valence-electron chi connectivity index (χ3n) is 9.08. The Morgan fingerprint density at radius 3 is 2.72 bits per heavy atom. The van der Waals surface area contributed by atoms with Crippen LogP contribution in [0.3, 0.4) is 0 Å². The van der Waals surface area contributed by atoms with Crippen LogP contribution in [0.4, 0.5) is 5.69 Å². The van der Waals surface area contributed by atoms with Gasteiger partial charge in [-0.1, -0.05) is 61.5 Å². The first-order chi connectivity index (χ1) is 18.9. The maximum Gasteiger partial charge on any atom is 0.335 e. The second-order valence-corrected chi connectivity index (χ2v) is 12.9. The molecule has 5 rings (SSSR count). The van der Waals surface area contributed by atoms with Crippen molar-refractivity contribution in [3.8, 4) is 5.75 Å². The highest BCUT2D eigenvalue weighted by atomic mass is 35.5. The molecule has 7 heteroatoms. The van der Waals surface area contributed by atoms with E-state index < -0.39 is 5.97 Å². The number of benzene rings is 2. The highest BCUT2D eigenvalue weighted by Gasteiger charge is 2.37. The minimum atomic E-state index is -0.906. The minimum Gasteiger partial charge on any atom is -0.491 e. The van der Waals surface area contributed by atoms with Crippen molar-refractivity contribution in [1.82, 2.24) is 0 Å². The van der Waals surface area contributed by atoms with Crippen LogP contribution in [0.1, 0.15) is 73.4 Å². The first-order valence-corrected chi connectivity index (χ1v) is 15.8. The molecule has 0 spiro atoms. The van der Waals surface area contributed by atoms with E-state index in [-0.39, 0.29) is 5.92 Å². The van der Waals surface area contributed by atoms with Crippen molar-refractivity contribution < 1.29 is 14.6 Å². The zero-order valence-corrected chi connectivity index (χ0v) is 24.6. The normalized spacial score (nSPS) is 24.9. The lowest BCUT2D eigenvalue weighted by Crippen LogP contribution is -2.40. The molecule has 0 bridgehead atoms. The molecule has 1 saturated carbocycles. The summed E-state index contributed by atoms with van der Waals surface area (Å²) in [5.74, 6) is 3.68. The van der Waals surface area contributed by atoms with Crippen molar-refractivity contribution in [2.75, 3.05) is 30.3 Å². The molecular formula is C32H41ClN2O3S. The Hall–Kier alpha value is -2.15. The van der Waals surface area contributed by atoms with Gasteiger partial charge in [0.25, 0.3) is 0 Å². The zero-order chi connectivity index (χ0) is 27.5. The number of nitrogens with zero attached hydrogens (tertiary/aromatic N) is 1. The SMILES string of the molecule is CCCc1cc(Cl)ccc1C1COc2ccc(C(=O)O)cc2N(CC2CCC2CC2=CC(C(C)CSN)C2)C1. The summed E-state index contributed by atoms with van der Waals surface area (Å²) in [7, 11) is 0. The fourth-order valence-electron chi connectivity index (χ4n) is 6.58. The Morgan fingerprint density at radius 2 is 2.03 bits per heavy atom. The van der Waals surface area contributed by atoms with E-state index in [1.54, 1.807) is 17.7 Å². The van der Waals surface area contributed by atoms with Crippen LogP contribution >= 0.6 is 23.5 Å². The lowest BCUT2D eigenvalue weighted by atomic mass is 9.66. The van der Waals surface area contributed by atoms with Crippen molar-refractivity contribution in [3.05, 3.63) is 69.8 Å². The number of nitrogens with two attached hydrogens (primary N) is 1. The highest BCUT2D eigenvalue weighted by Crippen LogP contribution is 2.46. The summed E-state index contributed by atoms with van der Waals surface area (Å²) >= 11 is 7.83. The molecule has 5 unspecified atom stereocenters. The van der Waals surface area contributed by atoms with Crippen molar-refractivity contribution in [2.45, 2.75) is 58.3 Å². The number of halogens is 1. The van der Waals surface area contributed by atoms with Gasteiger partial charge in [-0.15, -0.1) is 0 Å². The second-order valence-electron chi connectivity index (χ2n) is 11.8. The van der Waals surface area contributed by atoms with Gasteiger partial charge in [0.2, 0.25) is 0 Å². The molecule has 0 radical (unpaired) electrons. The summed E-state index contributed by atoms with van der Waals surface area (Å²) in [6.45, 7) is 6.79. The number of hydrogen-bond acceptors (Lipinski definition) is 5. The van der Waals surface area contributed by atoms with Crippen LogP contribution in [0, 0.1) is 23.7 Å². The molecule has 2 aliphatic carbocycles. The number of fused-ring (bicyclic) bond motifs is 1. The van der Waals surface area contributed by atoms with Gasteiger partial charge < -0.3 is 14.7 Å². The molecule has 0 amide bonds. The number of carboxylic acids is 1. The molecule has 1 heterocycles. The van der Waals surface area contributed by atoms with Crippen molar-refractivity contribution in [2.24, 2.45) is 28.8 Å². The van der Waals surface area contributed by atoms with E-state index in [1.165, 1.54) is 48.8 Å². The third-order valence-corrected chi connectivity index (χ3v) is 10.0. The number of ether oxygens (including phenoxy) is 1. The second kappa shape index (κ2) is 12.6. The summed E-state index contributed by atoms with van der Waals surface area (Å²) in [6, 6.07) is 11.5. The molecule has 1 fully saturated rings. The number of allylic oxidation sites excluding steroid dienone is 2. The molecule has 2 aromatic carbocycles. The number of hydrogen-bond donors (Lipinski definition) is 2. The topological polar surface area (TPSA) is 75.8 Å². The maximum absolute atomic E-state index is 11.8. The van der Waals surface area contributed by atoms with Crippen molar-refractivity contribution >= 4 is 35.2 Å². The number of rotatable bonds is 11. The summed E-state index contributed by atoms with van der Waals surface area (Å²) < 4.78 is 6.36. The molecule has 3 aliphatic rings. The van der Waals surface area contributed by atoms with E-state index in [2.05, 4.69) is 37.0 Å². The number of aryl methyl sites for hydroxylation is 1. The van der Waals surface area contributed by atoms with Gasteiger partial charge in [0, 0.05) is 29.8 Å². The van der Waals surface area contributed by atoms with E-state index in [0.29, 0.717) is 35.8 Å². The van der Waals surface area contributed by atoms with Gasteiger partial charge in [-0.05, 0) is 97.2 Å². The van der Waals surface area contributed by atoms with Gasteiger partial charge in [0.1, 0.15) is 5.75 Å². The molecule has 5 nitrogen and oxygen atoms in total. The average Bonchev–Trinajstić information content (AvgIpc) is 3.05. The fraction of sp³-hybridized carbons (Fsp3) is 0.531. The standard InChI is InChI=1S/C32H41ClN2O3S/c1-3-4-23-14-28(33)8-9-29(23)27-17-35(30-15-24(32(36)37)7-10-31(30)38-18-27)16-25-6-5-22(25)11-21-12-26(13-21)20(2)19-39-34/h7-10,12,14-15,20,22,25-27H,3-6,11,13,16-19,34H2,1-2H3,(H,36,37). The Kier molecular flexibility index (Phi) is 9.15. The molecule has 3 N–H and O–H groups in total. The molecule has 2 aromatic rings. The number of aromatic carboxylic acids is 1. The summed E-state index contributed by atoms with van der Waals surface area (Å²) in [4.78, 5) is 14.3. The van der Waals surface area contributed by atoms with Crippen LogP contribution in [-0.2, 0) is 6.42 Å². The van der Waals surface area contributed by atoms with Crippen LogP contribution in [-0.4, -0.2) is 36.5 Å². The molecule has 5 atom stereocenters. The Labute approximate surface area is 242 Å². The summed E-state index contributed by atoms with van der Waals surface area (Å²) in [5.41, 5.74) is 5.40. The number of carboxylic acid groups (broad SMARTS) is 1. The van der Waals surface area contributed by atoms with Gasteiger partial charge in [-0.2, -0.15) is 0 Å². The van der Waals surface area contributed by atoms with E-state index >= 15 is 0 Å². The van der Waals surface area contributed by atoms with Gasteiger partial charge in [-0.3, -0.25) is 5.14 Å². The first kappa shape index (κ1) is 28.4. The molecule has 39 heavy (non-hydrogen) atoms. The lowest BCUT2D eigenvalue weighted by Gasteiger charge is -2.43. The van der Waals surface area contributed by atoms with E-state index in [4.69, 9.17) is 21.5 Å². The molecule has 0 saturated heterocycles. The smallest absolute Gasteiger partial charge is 0.335 e. The van der Waals surface area contributed by atoms with Crippen molar-refractivity contribution in [1.29, 1.82) is 0 Å². The van der Waals surface area contributed by atoms with Crippen molar-refractivity contribution in [3.63, 3.8) is 0 Å². The molecular weight excluding hydrogens is 528 g/mol. The quantitative estimate of drug-likeness (QED) is 0.215. The van der Waals surface area contributed by atoms with Crippen LogP contribution in [0.5, 0.6) is 5.75 Å². The van der Waals surface area contributed by atoms with Gasteiger partial charge in [0.05, 0.1) is 17.9 Å². The summed E-state index contributed by atoms with van der Waals surface area (Å²) in [6.07, 6.45) is 9.43. The molecule has 1 aliphatic heterocycles. The predicted octanol–water partition coefficient (Wildman–Crippen LogP) is 7.58. The number of anilines is 1. The zero-order valence-electron chi connectivity index (χ0n) is 23.1. The average molecular weight is 569 g/mol. The first-order valence-electron chi connectivity index (χ1n) is 14.4. The van der Waals surface area contributed by atoms with E-state index in [1.807, 2.05) is 12.1 Å². The Bertz CT molecular complexity index is 1220. The predicted molar refractivity (Wildman–Crippen MR) is 162 cm³/mol. The lowest BCUT2D eigenvalue weighted by molar-refractivity contribution is 0.0697. The van der Waals surface area contributed by atoms with E-state index in [0.717, 1.165) is 48.1 Å². The van der Waals surface area contributed by atoms with E-state index in [9.17, 15) is 9.90 Å². The summed E-state index contributed by atoms with van der Waals surface area (Å²) in [5, 5.41) is 16.2. The minimum absolute atomic E-state index is 0.181. The van der Waals surface area contributed by atoms with Crippen LogP contribution in [0.2, 0.25) is 5.02 Å². The number of carbonyl (C=O) groups is 1. The van der Waals surface area contributed by atoms with Gasteiger partial charge in [0.15, 0.2) is 0 Å². The highest BCUT2D eigenvalue weighted by molar-refractivity contribution is 7.97. The molecule has 0 aromatic heterocycles. The fourth-order valence-corrected chi connectivity index (χ4v) is 7.32. The van der Waals surface area contributed by atoms with Crippen LogP contribution < -0.4 is 14.8 Å². The molecule has 210 valence electrons.